The van der Waals surface area contributed by atoms with Crippen molar-refractivity contribution in [2.45, 2.75) is 6.10 Å². The normalized spacial score (nSPS) is 21.2. The zero-order valence-electron chi connectivity index (χ0n) is 9.44. The summed E-state index contributed by atoms with van der Waals surface area (Å²) in [7, 11) is 0. The number of aliphatic imine (C=N–C) groups is 1. The highest BCUT2D eigenvalue weighted by atomic mass is 16.5. The van der Waals surface area contributed by atoms with Crippen LogP contribution < -0.4 is 5.32 Å². The fourth-order valence-electron chi connectivity index (χ4n) is 1.59. The number of nitrogens with one attached hydrogen (secondary N) is 2. The van der Waals surface area contributed by atoms with Crippen molar-refractivity contribution in [3.05, 3.63) is 35.9 Å². The molecule has 0 aromatic heterocycles. The molecule has 2 rings (SSSR count). The van der Waals surface area contributed by atoms with Gasteiger partial charge in [-0.05, 0) is 0 Å². The van der Waals surface area contributed by atoms with Crippen LogP contribution in [-0.2, 0) is 4.74 Å². The number of hydrogen-bond acceptors (Lipinski definition) is 3. The van der Waals surface area contributed by atoms with Gasteiger partial charge < -0.3 is 15.2 Å². The van der Waals surface area contributed by atoms with E-state index in [2.05, 4.69) is 10.3 Å². The summed E-state index contributed by atoms with van der Waals surface area (Å²) in [4.78, 5) is 3.97. The van der Waals surface area contributed by atoms with Crippen LogP contribution in [0.5, 0.6) is 0 Å². The Bertz CT molecular complexity index is 411. The summed E-state index contributed by atoms with van der Waals surface area (Å²) >= 11 is 0. The Morgan fingerprint density at radius 3 is 2.82 bits per heavy atom. The first kappa shape index (κ1) is 11.8. The van der Waals surface area contributed by atoms with E-state index in [1.165, 1.54) is 0 Å². The van der Waals surface area contributed by atoms with Gasteiger partial charge in [0.15, 0.2) is 11.9 Å². The third-order valence-electron chi connectivity index (χ3n) is 2.51. The Hall–Kier alpha value is -1.72. The summed E-state index contributed by atoms with van der Waals surface area (Å²) < 4.78 is 5.40. The second-order valence-corrected chi connectivity index (χ2v) is 3.78. The molecule has 5 nitrogen and oxygen atoms in total. The molecule has 0 aliphatic carbocycles. The Balaban J connectivity index is 2.05. The van der Waals surface area contributed by atoms with Crippen LogP contribution in [0.25, 0.3) is 0 Å². The van der Waals surface area contributed by atoms with Crippen molar-refractivity contribution in [3.8, 4) is 0 Å². The van der Waals surface area contributed by atoms with E-state index < -0.39 is 0 Å². The molecule has 17 heavy (non-hydrogen) atoms. The average Bonchev–Trinajstić information content (AvgIpc) is 2.40. The van der Waals surface area contributed by atoms with Crippen LogP contribution in [0.15, 0.2) is 35.3 Å². The van der Waals surface area contributed by atoms with Gasteiger partial charge in [-0.1, -0.05) is 30.3 Å². The van der Waals surface area contributed by atoms with Crippen LogP contribution in [0.3, 0.4) is 0 Å². The second kappa shape index (κ2) is 5.56. The Morgan fingerprint density at radius 1 is 1.41 bits per heavy atom. The standard InChI is InChI=1S/C12H15N3O2/c13-11(9-4-2-1-3-5-9)15-12(16)10-8-14-6-7-17-10/h1-5,10,14H,6-8H2,(H2,13,15,16)/p+1. The smallest absolute Gasteiger partial charge is 0.364 e. The van der Waals surface area contributed by atoms with Crippen molar-refractivity contribution >= 4 is 11.7 Å². The number of rotatable bonds is 2. The first-order valence-electron chi connectivity index (χ1n) is 5.54. The lowest BCUT2D eigenvalue weighted by molar-refractivity contribution is 0.0607. The lowest BCUT2D eigenvalue weighted by Crippen LogP contribution is -2.43. The van der Waals surface area contributed by atoms with E-state index in [9.17, 15) is 0 Å². The highest BCUT2D eigenvalue weighted by Gasteiger charge is 2.24. The fraction of sp³-hybridized carbons (Fsp3) is 0.333. The van der Waals surface area contributed by atoms with Crippen molar-refractivity contribution < 1.29 is 9.84 Å². The van der Waals surface area contributed by atoms with Gasteiger partial charge in [-0.25, -0.2) is 0 Å². The molecule has 0 radical (unpaired) electrons. The summed E-state index contributed by atoms with van der Waals surface area (Å²) in [6, 6.07) is 9.19. The number of nitrogens with zero attached hydrogens (tertiary/aromatic N) is 1. The average molecular weight is 234 g/mol. The molecule has 1 heterocycles. The maximum absolute atomic E-state index is 7.80. The molecule has 4 N–H and O–H groups in total. The minimum Gasteiger partial charge on any atom is -0.580 e. The van der Waals surface area contributed by atoms with E-state index in [1.54, 1.807) is 12.1 Å². The third-order valence-corrected chi connectivity index (χ3v) is 2.51. The molecule has 1 saturated heterocycles. The molecule has 5 heteroatoms. The van der Waals surface area contributed by atoms with Gasteiger partial charge in [0.1, 0.15) is 0 Å². The summed E-state index contributed by atoms with van der Waals surface area (Å²) in [5.74, 6) is 0.204. The molecule has 1 aliphatic heterocycles. The molecule has 1 aromatic rings. The van der Waals surface area contributed by atoms with Crippen LogP contribution in [0.1, 0.15) is 5.56 Å². The van der Waals surface area contributed by atoms with Crippen molar-refractivity contribution in [1.82, 2.24) is 5.32 Å². The molecule has 1 aromatic carbocycles. The van der Waals surface area contributed by atoms with Crippen molar-refractivity contribution in [2.24, 2.45) is 4.99 Å². The van der Waals surface area contributed by atoms with Gasteiger partial charge in [0, 0.05) is 18.7 Å². The van der Waals surface area contributed by atoms with E-state index in [0.717, 1.165) is 6.54 Å². The van der Waals surface area contributed by atoms with Gasteiger partial charge in [0.05, 0.1) is 6.61 Å². The quantitative estimate of drug-likeness (QED) is 0.433. The summed E-state index contributed by atoms with van der Waals surface area (Å²) in [5, 5.41) is 18.7. The largest absolute Gasteiger partial charge is 0.580 e. The van der Waals surface area contributed by atoms with Crippen LogP contribution in [0.4, 0.5) is 0 Å². The predicted molar refractivity (Wildman–Crippen MR) is 66.9 cm³/mol. The zero-order chi connectivity index (χ0) is 12.1. The van der Waals surface area contributed by atoms with Crippen molar-refractivity contribution in [3.63, 3.8) is 0 Å². The highest BCUT2D eigenvalue weighted by Crippen LogP contribution is 2.03. The topological polar surface area (TPSA) is 80.4 Å². The van der Waals surface area contributed by atoms with E-state index in [0.29, 0.717) is 18.7 Å². The number of amidine groups is 1. The summed E-state index contributed by atoms with van der Waals surface area (Å²) in [6.07, 6.45) is -0.340. The highest BCUT2D eigenvalue weighted by molar-refractivity contribution is 6.03. The molecule has 1 fully saturated rings. The summed E-state index contributed by atoms with van der Waals surface area (Å²) in [6.45, 7) is 1.98. The molecule has 0 amide bonds. The number of benzene rings is 1. The van der Waals surface area contributed by atoms with Gasteiger partial charge in [-0.3, -0.25) is 5.41 Å². The maximum atomic E-state index is 7.80. The molecular formula is C12H16N3O2+. The predicted octanol–water partition coefficient (Wildman–Crippen LogP) is 0.123. The maximum Gasteiger partial charge on any atom is 0.364 e. The summed E-state index contributed by atoms with van der Waals surface area (Å²) in [5.41, 5.74) is 0.709. The Kier molecular flexibility index (Phi) is 3.85. The Morgan fingerprint density at radius 2 is 2.18 bits per heavy atom. The molecule has 1 unspecified atom stereocenters. The Labute approximate surface area is 99.7 Å². The lowest BCUT2D eigenvalue weighted by Gasteiger charge is -2.19. The van der Waals surface area contributed by atoms with Gasteiger partial charge in [0.25, 0.3) is 0 Å². The first-order chi connectivity index (χ1) is 8.27. The lowest BCUT2D eigenvalue weighted by atomic mass is 10.2. The molecule has 0 spiro atoms. The molecule has 1 atom stereocenters. The minimum atomic E-state index is -0.340. The van der Waals surface area contributed by atoms with Gasteiger partial charge in [0.2, 0.25) is 0 Å². The molecule has 0 bridgehead atoms. The van der Waals surface area contributed by atoms with Crippen molar-refractivity contribution in [2.75, 3.05) is 19.7 Å². The van der Waals surface area contributed by atoms with Crippen LogP contribution >= 0.6 is 0 Å². The number of hydrogen-bond donors (Lipinski definition) is 2. The van der Waals surface area contributed by atoms with Crippen LogP contribution in [-0.4, -0.2) is 42.6 Å². The van der Waals surface area contributed by atoms with Crippen molar-refractivity contribution in [1.29, 1.82) is 5.41 Å². The van der Waals surface area contributed by atoms with E-state index >= 15 is 0 Å². The molecule has 90 valence electrons. The molecule has 0 saturated carbocycles. The number of morpholine rings is 1. The second-order valence-electron chi connectivity index (χ2n) is 3.78. The molecular weight excluding hydrogens is 218 g/mol. The monoisotopic (exact) mass is 234 g/mol. The van der Waals surface area contributed by atoms with Gasteiger partial charge >= 0.3 is 5.90 Å². The van der Waals surface area contributed by atoms with E-state index in [4.69, 9.17) is 15.3 Å². The first-order valence-corrected chi connectivity index (χ1v) is 5.54. The SMILES string of the molecule is N=C(N=C([OH2+])C1CNCCO1)c1ccccc1. The van der Waals surface area contributed by atoms with E-state index in [1.807, 2.05) is 18.2 Å². The van der Waals surface area contributed by atoms with Gasteiger partial charge in [-0.15, -0.1) is 4.99 Å². The van der Waals surface area contributed by atoms with Gasteiger partial charge in [-0.2, -0.15) is 0 Å². The third kappa shape index (κ3) is 3.12. The number of ether oxygens (including phenoxy) is 1. The van der Waals surface area contributed by atoms with Crippen LogP contribution in [0.2, 0.25) is 0 Å². The minimum absolute atomic E-state index is 0.102. The molecule has 1 aliphatic rings. The fourth-order valence-corrected chi connectivity index (χ4v) is 1.59. The zero-order valence-corrected chi connectivity index (χ0v) is 9.44. The van der Waals surface area contributed by atoms with Crippen LogP contribution in [0, 0.1) is 5.41 Å². The van der Waals surface area contributed by atoms with E-state index in [-0.39, 0.29) is 17.8 Å².